The highest BCUT2D eigenvalue weighted by atomic mass is 35.5. The van der Waals surface area contributed by atoms with Crippen molar-refractivity contribution in [3.8, 4) is 16.9 Å². The van der Waals surface area contributed by atoms with Crippen molar-refractivity contribution in [3.63, 3.8) is 0 Å². The molecule has 0 aliphatic carbocycles. The third kappa shape index (κ3) is 2.74. The summed E-state index contributed by atoms with van der Waals surface area (Å²) < 4.78 is 6.45. The second-order valence-corrected chi connectivity index (χ2v) is 6.51. The summed E-state index contributed by atoms with van der Waals surface area (Å²) in [6.45, 7) is 3.03. The number of pyridine rings is 1. The van der Waals surface area contributed by atoms with Gasteiger partial charge in [0.1, 0.15) is 5.69 Å². The third-order valence-electron chi connectivity index (χ3n) is 4.50. The highest BCUT2D eigenvalue weighted by molar-refractivity contribution is 6.30. The normalized spacial score (nSPS) is 13.7. The summed E-state index contributed by atoms with van der Waals surface area (Å²) >= 11 is 5.92. The van der Waals surface area contributed by atoms with E-state index in [0.717, 1.165) is 11.3 Å². The molecule has 3 heterocycles. The highest BCUT2D eigenvalue weighted by Crippen LogP contribution is 2.28. The minimum atomic E-state index is -0.352. The fraction of sp³-hybridized carbons (Fsp3) is 0.278. The summed E-state index contributed by atoms with van der Waals surface area (Å²) in [6.07, 6.45) is 2.00. The van der Waals surface area contributed by atoms with Gasteiger partial charge in [0, 0.05) is 35.4 Å². The number of carbonyl (C=O) groups excluding carboxylic acids is 1. The van der Waals surface area contributed by atoms with Gasteiger partial charge in [-0.1, -0.05) is 11.6 Å². The lowest BCUT2D eigenvalue weighted by Gasteiger charge is -2.28. The Labute approximate surface area is 154 Å². The summed E-state index contributed by atoms with van der Waals surface area (Å²) in [6, 6.07) is 6.92. The van der Waals surface area contributed by atoms with Gasteiger partial charge in [-0.15, -0.1) is 0 Å². The lowest BCUT2D eigenvalue weighted by molar-refractivity contribution is 0.102. The zero-order chi connectivity index (χ0) is 18.3. The van der Waals surface area contributed by atoms with Crippen molar-refractivity contribution in [3.05, 3.63) is 57.1 Å². The largest absolute Gasteiger partial charge is 0.450 e. The number of rotatable bonds is 2. The van der Waals surface area contributed by atoms with Crippen molar-refractivity contribution in [1.29, 1.82) is 0 Å². The topological polar surface area (TPSA) is 80.2 Å². The highest BCUT2D eigenvalue weighted by Gasteiger charge is 2.28. The predicted octanol–water partition coefficient (Wildman–Crippen LogP) is 2.83. The number of amides is 1. The first-order chi connectivity index (χ1) is 12.6. The zero-order valence-corrected chi connectivity index (χ0v) is 14.9. The van der Waals surface area contributed by atoms with Crippen LogP contribution in [0.25, 0.3) is 16.9 Å². The number of aromatic amines is 1. The van der Waals surface area contributed by atoms with E-state index >= 15 is 0 Å². The molecule has 3 aliphatic rings. The average molecular weight is 373 g/mol. The van der Waals surface area contributed by atoms with Gasteiger partial charge in [0.25, 0.3) is 5.56 Å². The molecule has 26 heavy (non-hydrogen) atoms. The van der Waals surface area contributed by atoms with E-state index in [1.807, 2.05) is 0 Å². The summed E-state index contributed by atoms with van der Waals surface area (Å²) in [4.78, 5) is 29.6. The van der Waals surface area contributed by atoms with Crippen LogP contribution in [0.15, 0.2) is 35.3 Å². The first-order valence-electron chi connectivity index (χ1n) is 8.38. The average Bonchev–Trinajstić information content (AvgIpc) is 2.99. The Bertz CT molecular complexity index is 993. The van der Waals surface area contributed by atoms with E-state index in [-0.39, 0.29) is 11.7 Å². The van der Waals surface area contributed by atoms with Crippen LogP contribution in [0, 0.1) is 0 Å². The molecule has 0 saturated heterocycles. The van der Waals surface area contributed by atoms with Gasteiger partial charge in [0.2, 0.25) is 0 Å². The fourth-order valence-electron chi connectivity index (χ4n) is 3.19. The molecule has 0 aromatic heterocycles. The Morgan fingerprint density at radius 2 is 2.12 bits per heavy atom. The van der Waals surface area contributed by atoms with Crippen LogP contribution in [0.4, 0.5) is 4.79 Å². The minimum absolute atomic E-state index is 0.213. The van der Waals surface area contributed by atoms with Crippen LogP contribution in [0.2, 0.25) is 5.02 Å². The number of hydrogen-bond donors (Lipinski definition) is 1. The second kappa shape index (κ2) is 6.49. The molecule has 1 aromatic carbocycles. The smallest absolute Gasteiger partial charge is 0.410 e. The number of ether oxygens (including phenoxy) is 1. The van der Waals surface area contributed by atoms with Crippen LogP contribution in [0.3, 0.4) is 0 Å². The number of halogens is 1. The molecule has 7 nitrogen and oxygen atoms in total. The SMILES string of the molecule is CCOC(=O)N1CCc2[nH]cc3c(=O)n(-c4ccc(Cl)cc4)nc-3c2C1. The van der Waals surface area contributed by atoms with E-state index in [9.17, 15) is 9.59 Å². The standard InChI is InChI=1S/C18H17ClN4O3/c1-2-26-18(25)22-8-7-15-14(10-22)16-13(9-20-15)17(24)23(21-16)12-5-3-11(19)4-6-12/h3-6,9,20H,2,7-8,10H2,1H3. The van der Waals surface area contributed by atoms with E-state index < -0.39 is 0 Å². The monoisotopic (exact) mass is 372 g/mol. The number of aromatic nitrogens is 3. The number of nitrogens with one attached hydrogen (secondary N) is 1. The molecule has 4 rings (SSSR count). The Kier molecular flexibility index (Phi) is 4.16. The fourth-order valence-corrected chi connectivity index (χ4v) is 3.32. The summed E-state index contributed by atoms with van der Waals surface area (Å²) in [5, 5.41) is 5.12. The van der Waals surface area contributed by atoms with E-state index in [1.165, 1.54) is 4.68 Å². The van der Waals surface area contributed by atoms with E-state index in [0.29, 0.717) is 48.1 Å². The number of nitrogens with zero attached hydrogens (tertiary/aromatic N) is 3. The number of hydrogen-bond acceptors (Lipinski definition) is 4. The van der Waals surface area contributed by atoms with Crippen LogP contribution in [0.5, 0.6) is 0 Å². The Morgan fingerprint density at radius 1 is 1.35 bits per heavy atom. The van der Waals surface area contributed by atoms with Crippen LogP contribution >= 0.6 is 11.6 Å². The lowest BCUT2D eigenvalue weighted by atomic mass is 10.0. The Morgan fingerprint density at radius 3 is 2.85 bits per heavy atom. The van der Waals surface area contributed by atoms with Gasteiger partial charge >= 0.3 is 6.09 Å². The number of H-pyrrole nitrogens is 1. The van der Waals surface area contributed by atoms with Gasteiger partial charge in [-0.3, -0.25) is 4.79 Å². The van der Waals surface area contributed by atoms with E-state index in [4.69, 9.17) is 16.3 Å². The second-order valence-electron chi connectivity index (χ2n) is 6.07. The lowest BCUT2D eigenvalue weighted by Crippen LogP contribution is -2.37. The number of fused-ring (bicyclic) bond motifs is 3. The molecule has 0 unspecified atom stereocenters. The molecule has 0 atom stereocenters. The van der Waals surface area contributed by atoms with Crippen molar-refractivity contribution >= 4 is 17.7 Å². The zero-order valence-electron chi connectivity index (χ0n) is 14.2. The molecule has 0 saturated carbocycles. The molecule has 0 spiro atoms. The quantitative estimate of drug-likeness (QED) is 0.750. The molecule has 1 aromatic rings. The molecule has 1 N–H and O–H groups in total. The van der Waals surface area contributed by atoms with Crippen molar-refractivity contribution in [1.82, 2.24) is 19.7 Å². The third-order valence-corrected chi connectivity index (χ3v) is 4.75. The van der Waals surface area contributed by atoms with Crippen molar-refractivity contribution in [2.45, 2.75) is 19.9 Å². The van der Waals surface area contributed by atoms with Gasteiger partial charge in [0.15, 0.2) is 0 Å². The molecule has 0 bridgehead atoms. The summed E-state index contributed by atoms with van der Waals surface area (Å²) in [5.74, 6) is 0. The van der Waals surface area contributed by atoms with Gasteiger partial charge in [-0.05, 0) is 31.2 Å². The van der Waals surface area contributed by atoms with Gasteiger partial charge in [-0.25, -0.2) is 4.79 Å². The Hall–Kier alpha value is -2.80. The van der Waals surface area contributed by atoms with Gasteiger partial charge in [-0.2, -0.15) is 9.78 Å². The molecule has 0 fully saturated rings. The molecular formula is C18H17ClN4O3. The Balaban J connectivity index is 1.79. The molecule has 134 valence electrons. The molecule has 8 heteroatoms. The summed E-state index contributed by atoms with van der Waals surface area (Å²) in [5.41, 5.74) is 3.36. The first kappa shape index (κ1) is 16.7. The predicted molar refractivity (Wildman–Crippen MR) is 97.0 cm³/mol. The molecule has 0 radical (unpaired) electrons. The molecule has 1 amide bonds. The molecule has 3 aliphatic heterocycles. The first-order valence-corrected chi connectivity index (χ1v) is 8.76. The van der Waals surface area contributed by atoms with Crippen LogP contribution in [0.1, 0.15) is 18.2 Å². The maximum atomic E-state index is 12.8. The van der Waals surface area contributed by atoms with E-state index in [1.54, 1.807) is 42.3 Å². The maximum absolute atomic E-state index is 12.8. The van der Waals surface area contributed by atoms with Crippen molar-refractivity contribution in [2.75, 3.05) is 13.2 Å². The number of carbonyl (C=O) groups is 1. The van der Waals surface area contributed by atoms with E-state index in [2.05, 4.69) is 10.1 Å². The van der Waals surface area contributed by atoms with Crippen molar-refractivity contribution < 1.29 is 9.53 Å². The maximum Gasteiger partial charge on any atom is 0.410 e. The van der Waals surface area contributed by atoms with Crippen LogP contribution in [-0.2, 0) is 17.7 Å². The van der Waals surface area contributed by atoms with Gasteiger partial charge in [0.05, 0.1) is 24.4 Å². The van der Waals surface area contributed by atoms with Crippen molar-refractivity contribution in [2.24, 2.45) is 0 Å². The number of benzene rings is 1. The van der Waals surface area contributed by atoms with Crippen LogP contribution in [-0.4, -0.2) is 38.9 Å². The molecular weight excluding hydrogens is 356 g/mol. The van der Waals surface area contributed by atoms with Gasteiger partial charge < -0.3 is 14.6 Å². The summed E-state index contributed by atoms with van der Waals surface area (Å²) in [7, 11) is 0. The van der Waals surface area contributed by atoms with Crippen LogP contribution < -0.4 is 5.56 Å². The minimum Gasteiger partial charge on any atom is -0.450 e.